The number of anilines is 1. The van der Waals surface area contributed by atoms with E-state index in [1.807, 2.05) is 19.1 Å². The van der Waals surface area contributed by atoms with E-state index in [1.54, 1.807) is 6.20 Å². The highest BCUT2D eigenvalue weighted by molar-refractivity contribution is 5.55. The maximum Gasteiger partial charge on any atom is 0.245 e. The van der Waals surface area contributed by atoms with Crippen LogP contribution in [0.1, 0.15) is 18.9 Å². The molecule has 1 saturated heterocycles. The first kappa shape index (κ1) is 13.1. The molecule has 1 aliphatic rings. The molecule has 0 radical (unpaired) electrons. The maximum atomic E-state index is 6.13. The van der Waals surface area contributed by atoms with Crippen LogP contribution in [-0.4, -0.2) is 39.3 Å². The van der Waals surface area contributed by atoms with Crippen LogP contribution in [0.5, 0.6) is 0 Å². The van der Waals surface area contributed by atoms with Gasteiger partial charge in [0.2, 0.25) is 5.95 Å². The summed E-state index contributed by atoms with van der Waals surface area (Å²) in [5.74, 6) is 1.99. The van der Waals surface area contributed by atoms with E-state index >= 15 is 0 Å². The van der Waals surface area contributed by atoms with Gasteiger partial charge in [-0.1, -0.05) is 13.0 Å². The van der Waals surface area contributed by atoms with Crippen LogP contribution in [-0.2, 0) is 0 Å². The number of rotatable bonds is 2. The first-order valence-corrected chi connectivity index (χ1v) is 7.00. The van der Waals surface area contributed by atoms with Crippen molar-refractivity contribution in [1.29, 1.82) is 0 Å². The molecule has 2 atom stereocenters. The highest BCUT2D eigenvalue weighted by Crippen LogP contribution is 2.22. The number of aromatic amines is 1. The third kappa shape index (κ3) is 2.38. The van der Waals surface area contributed by atoms with E-state index in [4.69, 9.17) is 5.73 Å². The fourth-order valence-corrected chi connectivity index (χ4v) is 2.51. The van der Waals surface area contributed by atoms with Crippen LogP contribution in [0.4, 0.5) is 5.95 Å². The van der Waals surface area contributed by atoms with E-state index in [-0.39, 0.29) is 6.04 Å². The van der Waals surface area contributed by atoms with Crippen LogP contribution in [0, 0.1) is 12.8 Å². The van der Waals surface area contributed by atoms with Gasteiger partial charge in [-0.15, -0.1) is 5.10 Å². The Bertz CT molecular complexity index is 593. The fraction of sp³-hybridized carbons (Fsp3) is 0.500. The zero-order valence-corrected chi connectivity index (χ0v) is 11.9. The first-order valence-electron chi connectivity index (χ1n) is 7.00. The number of nitrogens with one attached hydrogen (secondary N) is 1. The van der Waals surface area contributed by atoms with Crippen molar-refractivity contribution < 1.29 is 0 Å². The Labute approximate surface area is 118 Å². The van der Waals surface area contributed by atoms with E-state index in [0.29, 0.717) is 17.7 Å². The number of pyridine rings is 1. The summed E-state index contributed by atoms with van der Waals surface area (Å²) < 4.78 is 0. The minimum Gasteiger partial charge on any atom is -0.338 e. The Morgan fingerprint density at radius 1 is 1.45 bits per heavy atom. The molecule has 6 nitrogen and oxygen atoms in total. The van der Waals surface area contributed by atoms with Crippen LogP contribution in [0.15, 0.2) is 18.3 Å². The summed E-state index contributed by atoms with van der Waals surface area (Å²) in [5.41, 5.74) is 8.06. The largest absolute Gasteiger partial charge is 0.338 e. The smallest absolute Gasteiger partial charge is 0.245 e. The second kappa shape index (κ2) is 5.20. The molecular formula is C14H20N6. The molecule has 0 aliphatic carbocycles. The Morgan fingerprint density at radius 3 is 3.05 bits per heavy atom. The molecule has 2 aromatic heterocycles. The summed E-state index contributed by atoms with van der Waals surface area (Å²) >= 11 is 0. The molecule has 0 saturated carbocycles. The topological polar surface area (TPSA) is 83.7 Å². The number of nitrogens with zero attached hydrogens (tertiary/aromatic N) is 4. The highest BCUT2D eigenvalue weighted by Gasteiger charge is 2.25. The molecule has 20 heavy (non-hydrogen) atoms. The number of hydrogen-bond donors (Lipinski definition) is 2. The van der Waals surface area contributed by atoms with Gasteiger partial charge in [0, 0.05) is 25.3 Å². The lowest BCUT2D eigenvalue weighted by atomic mass is 9.95. The Hall–Kier alpha value is -1.95. The molecule has 0 aromatic carbocycles. The monoisotopic (exact) mass is 272 g/mol. The third-order valence-electron chi connectivity index (χ3n) is 4.01. The standard InChI is InChI=1S/C14H20N6/c1-9-5-7-20(8-11(9)15)14-17-13(18-19-14)12-10(2)4-3-6-16-12/h3-4,6,9,11H,5,7-8,15H2,1-2H3,(H,17,18,19). The SMILES string of the molecule is Cc1cccnc1-c1nc(N2CCC(C)C(N)C2)n[nH]1. The van der Waals surface area contributed by atoms with E-state index in [0.717, 1.165) is 30.8 Å². The zero-order chi connectivity index (χ0) is 14.1. The lowest BCUT2D eigenvalue weighted by Gasteiger charge is -2.34. The van der Waals surface area contributed by atoms with Gasteiger partial charge in [-0.25, -0.2) is 0 Å². The van der Waals surface area contributed by atoms with Crippen molar-refractivity contribution in [2.75, 3.05) is 18.0 Å². The highest BCUT2D eigenvalue weighted by atomic mass is 15.4. The van der Waals surface area contributed by atoms with Gasteiger partial charge in [-0.3, -0.25) is 10.1 Å². The van der Waals surface area contributed by atoms with Gasteiger partial charge < -0.3 is 10.6 Å². The number of H-pyrrole nitrogens is 1. The normalized spacial score (nSPS) is 23.1. The van der Waals surface area contributed by atoms with Crippen LogP contribution in [0.25, 0.3) is 11.5 Å². The van der Waals surface area contributed by atoms with Gasteiger partial charge >= 0.3 is 0 Å². The summed E-state index contributed by atoms with van der Waals surface area (Å²) in [5, 5.41) is 7.29. The lowest BCUT2D eigenvalue weighted by Crippen LogP contribution is -2.48. The molecule has 2 aromatic rings. The van der Waals surface area contributed by atoms with Gasteiger partial charge in [0.25, 0.3) is 0 Å². The number of hydrogen-bond acceptors (Lipinski definition) is 5. The summed E-state index contributed by atoms with van der Waals surface area (Å²) in [6, 6.07) is 4.12. The van der Waals surface area contributed by atoms with Gasteiger partial charge in [-0.2, -0.15) is 4.98 Å². The molecule has 1 fully saturated rings. The maximum absolute atomic E-state index is 6.13. The van der Waals surface area contributed by atoms with Gasteiger partial charge in [-0.05, 0) is 30.9 Å². The predicted octanol–water partition coefficient (Wildman–Crippen LogP) is 1.35. The summed E-state index contributed by atoms with van der Waals surface area (Å²) in [7, 11) is 0. The van der Waals surface area contributed by atoms with Gasteiger partial charge in [0.1, 0.15) is 5.69 Å². The average Bonchev–Trinajstić information content (AvgIpc) is 2.92. The van der Waals surface area contributed by atoms with Crippen molar-refractivity contribution in [1.82, 2.24) is 20.2 Å². The number of aromatic nitrogens is 4. The van der Waals surface area contributed by atoms with Crippen molar-refractivity contribution >= 4 is 5.95 Å². The molecule has 3 N–H and O–H groups in total. The van der Waals surface area contributed by atoms with Gasteiger partial charge in [0.15, 0.2) is 5.82 Å². The lowest BCUT2D eigenvalue weighted by molar-refractivity contribution is 0.376. The van der Waals surface area contributed by atoms with Crippen molar-refractivity contribution in [3.8, 4) is 11.5 Å². The van der Waals surface area contributed by atoms with E-state index in [9.17, 15) is 0 Å². The Kier molecular flexibility index (Phi) is 3.40. The van der Waals surface area contributed by atoms with Crippen molar-refractivity contribution in [2.24, 2.45) is 11.7 Å². The number of piperidine rings is 1. The van der Waals surface area contributed by atoms with E-state index < -0.39 is 0 Å². The van der Waals surface area contributed by atoms with Crippen molar-refractivity contribution in [3.63, 3.8) is 0 Å². The molecule has 6 heteroatoms. The summed E-state index contributed by atoms with van der Waals surface area (Å²) in [4.78, 5) is 11.1. The molecule has 106 valence electrons. The molecule has 3 heterocycles. The van der Waals surface area contributed by atoms with Crippen molar-refractivity contribution in [2.45, 2.75) is 26.3 Å². The van der Waals surface area contributed by atoms with Crippen LogP contribution >= 0.6 is 0 Å². The van der Waals surface area contributed by atoms with Crippen molar-refractivity contribution in [3.05, 3.63) is 23.9 Å². The van der Waals surface area contributed by atoms with Crippen LogP contribution in [0.2, 0.25) is 0 Å². The Balaban J connectivity index is 1.82. The third-order valence-corrected chi connectivity index (χ3v) is 4.01. The molecule has 3 rings (SSSR count). The summed E-state index contributed by atoms with van der Waals surface area (Å²) in [6.45, 7) is 5.97. The fourth-order valence-electron chi connectivity index (χ4n) is 2.51. The zero-order valence-electron chi connectivity index (χ0n) is 11.9. The Morgan fingerprint density at radius 2 is 2.30 bits per heavy atom. The van der Waals surface area contributed by atoms with Crippen LogP contribution in [0.3, 0.4) is 0 Å². The first-order chi connectivity index (χ1) is 9.65. The van der Waals surface area contributed by atoms with E-state index in [1.165, 1.54) is 0 Å². The second-order valence-electron chi connectivity index (χ2n) is 5.53. The minimum atomic E-state index is 0.183. The van der Waals surface area contributed by atoms with E-state index in [2.05, 4.69) is 32.0 Å². The molecular weight excluding hydrogens is 252 g/mol. The minimum absolute atomic E-state index is 0.183. The summed E-state index contributed by atoms with van der Waals surface area (Å²) in [6.07, 6.45) is 2.84. The average molecular weight is 272 g/mol. The number of nitrogens with two attached hydrogens (primary N) is 1. The molecule has 1 aliphatic heterocycles. The second-order valence-corrected chi connectivity index (χ2v) is 5.53. The number of aryl methyl sites for hydroxylation is 1. The molecule has 0 amide bonds. The molecule has 2 unspecified atom stereocenters. The predicted molar refractivity (Wildman–Crippen MR) is 78.3 cm³/mol. The molecule has 0 bridgehead atoms. The van der Waals surface area contributed by atoms with Gasteiger partial charge in [0.05, 0.1) is 0 Å². The quantitative estimate of drug-likeness (QED) is 0.862. The van der Waals surface area contributed by atoms with Crippen LogP contribution < -0.4 is 10.6 Å². The molecule has 0 spiro atoms.